The molecule has 0 atom stereocenters. The minimum atomic E-state index is 0.00255. The van der Waals surface area contributed by atoms with Crippen molar-refractivity contribution >= 4 is 34.2 Å². The summed E-state index contributed by atoms with van der Waals surface area (Å²) in [4.78, 5) is 21.7. The number of hydrogen-bond donors (Lipinski definition) is 2. The minimum Gasteiger partial charge on any atom is -0.324 e. The summed E-state index contributed by atoms with van der Waals surface area (Å²) in [6, 6.07) is 17.8. The SMILES string of the molecule is CCCCn1sc(-c2ccccc2)c(Nc2nc3ccccc3[nH]2)c1=O. The molecular weight excluding hydrogens is 344 g/mol. The minimum absolute atomic E-state index is 0.00255. The zero-order chi connectivity index (χ0) is 17.9. The van der Waals surface area contributed by atoms with Gasteiger partial charge in [-0.05, 0) is 24.1 Å². The van der Waals surface area contributed by atoms with Gasteiger partial charge in [0.1, 0.15) is 5.69 Å². The van der Waals surface area contributed by atoms with Gasteiger partial charge in [0.15, 0.2) is 0 Å². The Kier molecular flexibility index (Phi) is 4.58. The third kappa shape index (κ3) is 3.15. The summed E-state index contributed by atoms with van der Waals surface area (Å²) in [5, 5.41) is 3.24. The van der Waals surface area contributed by atoms with Crippen LogP contribution in [0.15, 0.2) is 59.4 Å². The van der Waals surface area contributed by atoms with E-state index in [1.165, 1.54) is 11.5 Å². The van der Waals surface area contributed by atoms with Crippen LogP contribution in [0.5, 0.6) is 0 Å². The maximum atomic E-state index is 13.0. The lowest BCUT2D eigenvalue weighted by Crippen LogP contribution is -2.16. The number of aromatic nitrogens is 3. The number of fused-ring (bicyclic) bond motifs is 1. The summed E-state index contributed by atoms with van der Waals surface area (Å²) in [6.07, 6.45) is 2.04. The topological polar surface area (TPSA) is 62.7 Å². The van der Waals surface area contributed by atoms with E-state index in [0.29, 0.717) is 11.6 Å². The average Bonchev–Trinajstić information content (AvgIpc) is 3.22. The van der Waals surface area contributed by atoms with Crippen molar-refractivity contribution in [2.45, 2.75) is 26.3 Å². The number of para-hydroxylation sites is 2. The molecule has 0 saturated heterocycles. The van der Waals surface area contributed by atoms with Gasteiger partial charge in [0.25, 0.3) is 5.56 Å². The molecule has 0 amide bonds. The first-order chi connectivity index (χ1) is 12.8. The highest BCUT2D eigenvalue weighted by Gasteiger charge is 2.18. The van der Waals surface area contributed by atoms with E-state index in [4.69, 9.17) is 0 Å². The largest absolute Gasteiger partial charge is 0.324 e. The molecule has 0 bridgehead atoms. The second kappa shape index (κ2) is 7.17. The molecule has 0 unspecified atom stereocenters. The number of nitrogens with one attached hydrogen (secondary N) is 2. The van der Waals surface area contributed by atoms with Gasteiger partial charge in [0.05, 0.1) is 15.9 Å². The second-order valence-corrected chi connectivity index (χ2v) is 7.18. The number of anilines is 2. The number of imidazole rings is 1. The van der Waals surface area contributed by atoms with Crippen LogP contribution >= 0.6 is 11.5 Å². The fourth-order valence-electron chi connectivity index (χ4n) is 2.90. The monoisotopic (exact) mass is 364 g/mol. The fraction of sp³-hybridized carbons (Fsp3) is 0.200. The molecule has 2 heterocycles. The zero-order valence-corrected chi connectivity index (χ0v) is 15.3. The number of rotatable bonds is 6. The Morgan fingerprint density at radius 3 is 2.65 bits per heavy atom. The molecule has 2 N–H and O–H groups in total. The molecule has 0 aliphatic heterocycles. The summed E-state index contributed by atoms with van der Waals surface area (Å²) < 4.78 is 1.83. The fourth-order valence-corrected chi connectivity index (χ4v) is 3.98. The second-order valence-electron chi connectivity index (χ2n) is 6.15. The van der Waals surface area contributed by atoms with Gasteiger partial charge >= 0.3 is 0 Å². The predicted molar refractivity (Wildman–Crippen MR) is 108 cm³/mol. The molecule has 0 radical (unpaired) electrons. The van der Waals surface area contributed by atoms with E-state index in [1.807, 2.05) is 58.6 Å². The van der Waals surface area contributed by atoms with Crippen LogP contribution in [0.1, 0.15) is 19.8 Å². The van der Waals surface area contributed by atoms with Crippen LogP contribution < -0.4 is 10.9 Å². The molecule has 0 fully saturated rings. The van der Waals surface area contributed by atoms with Crippen LogP contribution in [0.4, 0.5) is 11.6 Å². The summed E-state index contributed by atoms with van der Waals surface area (Å²) in [5.41, 5.74) is 3.43. The summed E-state index contributed by atoms with van der Waals surface area (Å²) >= 11 is 1.51. The molecule has 4 rings (SSSR count). The highest BCUT2D eigenvalue weighted by atomic mass is 32.1. The molecule has 4 aromatic rings. The van der Waals surface area contributed by atoms with Crippen molar-refractivity contribution < 1.29 is 0 Å². The van der Waals surface area contributed by atoms with Crippen LogP contribution in [0, 0.1) is 0 Å². The molecule has 0 spiro atoms. The van der Waals surface area contributed by atoms with Gasteiger partial charge in [-0.25, -0.2) is 4.98 Å². The van der Waals surface area contributed by atoms with E-state index in [2.05, 4.69) is 22.2 Å². The predicted octanol–water partition coefficient (Wildman–Crippen LogP) is 5.00. The Morgan fingerprint density at radius 2 is 1.88 bits per heavy atom. The van der Waals surface area contributed by atoms with Gasteiger partial charge in [-0.1, -0.05) is 67.3 Å². The van der Waals surface area contributed by atoms with Gasteiger partial charge in [-0.15, -0.1) is 0 Å². The van der Waals surface area contributed by atoms with Crippen LogP contribution in [0.25, 0.3) is 21.5 Å². The van der Waals surface area contributed by atoms with E-state index >= 15 is 0 Å². The van der Waals surface area contributed by atoms with Crippen molar-refractivity contribution in [3.63, 3.8) is 0 Å². The van der Waals surface area contributed by atoms with Crippen molar-refractivity contribution in [2.24, 2.45) is 0 Å². The molecule has 0 saturated carbocycles. The summed E-state index contributed by atoms with van der Waals surface area (Å²) in [7, 11) is 0. The van der Waals surface area contributed by atoms with Crippen LogP contribution in [0.2, 0.25) is 0 Å². The normalized spacial score (nSPS) is 11.1. The molecule has 0 aliphatic carbocycles. The van der Waals surface area contributed by atoms with Crippen LogP contribution in [0.3, 0.4) is 0 Å². The van der Waals surface area contributed by atoms with Gasteiger partial charge in [0, 0.05) is 6.54 Å². The molecule has 2 aromatic carbocycles. The van der Waals surface area contributed by atoms with Gasteiger partial charge in [-0.2, -0.15) is 0 Å². The first kappa shape index (κ1) is 16.6. The molecule has 26 heavy (non-hydrogen) atoms. The lowest BCUT2D eigenvalue weighted by molar-refractivity contribution is 0.659. The maximum absolute atomic E-state index is 13.0. The number of hydrogen-bond acceptors (Lipinski definition) is 4. The van der Waals surface area contributed by atoms with Crippen molar-refractivity contribution in [3.8, 4) is 10.4 Å². The quantitative estimate of drug-likeness (QED) is 0.506. The number of benzene rings is 2. The first-order valence-corrected chi connectivity index (χ1v) is 9.55. The third-order valence-electron chi connectivity index (χ3n) is 4.25. The Hall–Kier alpha value is -2.86. The molecular formula is C20H20N4OS. The molecule has 132 valence electrons. The highest BCUT2D eigenvalue weighted by molar-refractivity contribution is 7.10. The van der Waals surface area contributed by atoms with Gasteiger partial charge < -0.3 is 10.3 Å². The summed E-state index contributed by atoms with van der Waals surface area (Å²) in [6.45, 7) is 2.87. The van der Waals surface area contributed by atoms with E-state index in [9.17, 15) is 4.79 Å². The number of unbranched alkanes of at least 4 members (excludes halogenated alkanes) is 1. The van der Waals surface area contributed by atoms with E-state index in [1.54, 1.807) is 0 Å². The number of nitrogens with zero attached hydrogens (tertiary/aromatic N) is 2. The first-order valence-electron chi connectivity index (χ1n) is 8.77. The lowest BCUT2D eigenvalue weighted by atomic mass is 10.2. The van der Waals surface area contributed by atoms with Crippen LogP contribution in [-0.4, -0.2) is 13.9 Å². The average molecular weight is 364 g/mol. The molecule has 0 aliphatic rings. The third-order valence-corrected chi connectivity index (χ3v) is 5.44. The highest BCUT2D eigenvalue weighted by Crippen LogP contribution is 2.32. The van der Waals surface area contributed by atoms with Crippen molar-refractivity contribution in [1.82, 2.24) is 13.9 Å². The molecule has 5 nitrogen and oxygen atoms in total. The Labute approximate surface area is 155 Å². The van der Waals surface area contributed by atoms with Gasteiger partial charge in [0.2, 0.25) is 5.95 Å². The number of aromatic amines is 1. The standard InChI is InChI=1S/C20H20N4OS/c1-2-3-13-24-19(25)17(18(26-24)14-9-5-4-6-10-14)23-20-21-15-11-7-8-12-16(15)22-20/h4-12H,2-3,13H2,1H3,(H2,21,22,23). The van der Waals surface area contributed by atoms with Crippen molar-refractivity contribution in [1.29, 1.82) is 0 Å². The lowest BCUT2D eigenvalue weighted by Gasteiger charge is -2.02. The number of H-pyrrole nitrogens is 1. The molecule has 6 heteroatoms. The smallest absolute Gasteiger partial charge is 0.285 e. The Bertz CT molecular complexity index is 1050. The van der Waals surface area contributed by atoms with Crippen molar-refractivity contribution in [2.75, 3.05) is 5.32 Å². The van der Waals surface area contributed by atoms with E-state index < -0.39 is 0 Å². The van der Waals surface area contributed by atoms with E-state index in [0.717, 1.165) is 40.9 Å². The Balaban J connectivity index is 1.77. The molecule has 2 aromatic heterocycles. The number of aryl methyl sites for hydroxylation is 1. The summed E-state index contributed by atoms with van der Waals surface area (Å²) in [5.74, 6) is 0.584. The van der Waals surface area contributed by atoms with Gasteiger partial charge in [-0.3, -0.25) is 8.75 Å². The van der Waals surface area contributed by atoms with Crippen LogP contribution in [-0.2, 0) is 6.54 Å². The zero-order valence-electron chi connectivity index (χ0n) is 14.5. The Morgan fingerprint density at radius 1 is 1.12 bits per heavy atom. The van der Waals surface area contributed by atoms with E-state index in [-0.39, 0.29) is 5.56 Å². The van der Waals surface area contributed by atoms with Crippen molar-refractivity contribution in [3.05, 3.63) is 65.0 Å². The maximum Gasteiger partial charge on any atom is 0.285 e.